The Labute approximate surface area is 93.9 Å². The van der Waals surface area contributed by atoms with Gasteiger partial charge in [0.25, 0.3) is 0 Å². The number of rotatable bonds is 3. The van der Waals surface area contributed by atoms with Gasteiger partial charge in [-0.2, -0.15) is 0 Å². The van der Waals surface area contributed by atoms with E-state index in [1.807, 2.05) is 6.92 Å². The Morgan fingerprint density at radius 3 is 2.75 bits per heavy atom. The van der Waals surface area contributed by atoms with Gasteiger partial charge in [-0.1, -0.05) is 0 Å². The van der Waals surface area contributed by atoms with Gasteiger partial charge < -0.3 is 19.9 Å². The molecule has 0 radical (unpaired) electrons. The van der Waals surface area contributed by atoms with Crippen molar-refractivity contribution in [3.05, 3.63) is 0 Å². The summed E-state index contributed by atoms with van der Waals surface area (Å²) in [5, 5.41) is 11.4. The van der Waals surface area contributed by atoms with Gasteiger partial charge in [0.05, 0.1) is 13.2 Å². The number of hydrogen-bond acceptors (Lipinski definition) is 4. The largest absolute Gasteiger partial charge is 0.480 e. The Bertz CT molecular complexity index is 268. The number of carbonyl (C=O) groups is 2. The first-order valence-electron chi connectivity index (χ1n) is 5.23. The number of amides is 1. The molecule has 6 nitrogen and oxygen atoms in total. The van der Waals surface area contributed by atoms with Crippen molar-refractivity contribution in [3.8, 4) is 0 Å². The van der Waals surface area contributed by atoms with Gasteiger partial charge in [-0.05, 0) is 25.7 Å². The number of nitrogens with one attached hydrogen (secondary N) is 1. The standard InChI is InChI=1S/C10H17NO5/c1-6-5-7(3-4-16-6)8(9(12)13)11-10(14)15-2/h6-8H,3-5H2,1-2H3,(H,11,14)(H,12,13)/t6-,7-,8?/m0/s1. The molecule has 3 atom stereocenters. The van der Waals surface area contributed by atoms with Gasteiger partial charge in [0.1, 0.15) is 6.04 Å². The van der Waals surface area contributed by atoms with Crippen LogP contribution in [0.15, 0.2) is 0 Å². The third kappa shape index (κ3) is 3.37. The molecule has 0 aliphatic carbocycles. The van der Waals surface area contributed by atoms with E-state index in [1.54, 1.807) is 0 Å². The highest BCUT2D eigenvalue weighted by molar-refractivity contribution is 5.80. The zero-order valence-corrected chi connectivity index (χ0v) is 9.43. The summed E-state index contributed by atoms with van der Waals surface area (Å²) in [6, 6.07) is -0.904. The molecule has 0 aromatic carbocycles. The molecule has 1 saturated heterocycles. The van der Waals surface area contributed by atoms with E-state index in [2.05, 4.69) is 10.1 Å². The third-order valence-electron chi connectivity index (χ3n) is 2.72. The van der Waals surface area contributed by atoms with Gasteiger partial charge in [0.15, 0.2) is 0 Å². The van der Waals surface area contributed by atoms with E-state index in [-0.39, 0.29) is 12.0 Å². The van der Waals surface area contributed by atoms with E-state index in [9.17, 15) is 9.59 Å². The topological polar surface area (TPSA) is 84.9 Å². The fourth-order valence-electron chi connectivity index (χ4n) is 1.90. The van der Waals surface area contributed by atoms with Crippen LogP contribution in [-0.4, -0.2) is 43.0 Å². The lowest BCUT2D eigenvalue weighted by Gasteiger charge is -2.31. The number of methoxy groups -OCH3 is 1. The minimum Gasteiger partial charge on any atom is -0.480 e. The highest BCUT2D eigenvalue weighted by atomic mass is 16.5. The van der Waals surface area contributed by atoms with Crippen molar-refractivity contribution in [2.75, 3.05) is 13.7 Å². The lowest BCUT2D eigenvalue weighted by Crippen LogP contribution is -2.48. The predicted octanol–water partition coefficient (Wildman–Crippen LogP) is 0.611. The van der Waals surface area contributed by atoms with E-state index in [1.165, 1.54) is 7.11 Å². The molecule has 0 spiro atoms. The van der Waals surface area contributed by atoms with Crippen LogP contribution < -0.4 is 5.32 Å². The molecule has 1 heterocycles. The van der Waals surface area contributed by atoms with Crippen LogP contribution in [0.4, 0.5) is 4.79 Å². The number of alkyl carbamates (subject to hydrolysis) is 1. The maximum Gasteiger partial charge on any atom is 0.407 e. The van der Waals surface area contributed by atoms with Crippen molar-refractivity contribution in [1.29, 1.82) is 0 Å². The fourth-order valence-corrected chi connectivity index (χ4v) is 1.90. The molecule has 1 rings (SSSR count). The molecule has 0 aromatic heterocycles. The summed E-state index contributed by atoms with van der Waals surface area (Å²) >= 11 is 0. The number of ether oxygens (including phenoxy) is 2. The summed E-state index contributed by atoms with van der Waals surface area (Å²) in [6.07, 6.45) is 0.568. The molecular formula is C10H17NO5. The summed E-state index contributed by atoms with van der Waals surface area (Å²) in [6.45, 7) is 2.42. The van der Waals surface area contributed by atoms with Crippen LogP contribution in [-0.2, 0) is 14.3 Å². The average Bonchev–Trinajstić information content (AvgIpc) is 2.25. The van der Waals surface area contributed by atoms with Crippen molar-refractivity contribution in [1.82, 2.24) is 5.32 Å². The molecule has 1 fully saturated rings. The van der Waals surface area contributed by atoms with E-state index in [0.717, 1.165) is 0 Å². The number of carboxylic acid groups (broad SMARTS) is 1. The molecule has 6 heteroatoms. The number of carbonyl (C=O) groups excluding carboxylic acids is 1. The number of hydrogen-bond donors (Lipinski definition) is 2. The first kappa shape index (κ1) is 12.8. The summed E-state index contributed by atoms with van der Waals surface area (Å²) < 4.78 is 9.74. The van der Waals surface area contributed by atoms with Crippen LogP contribution in [0, 0.1) is 5.92 Å². The average molecular weight is 231 g/mol. The van der Waals surface area contributed by atoms with Gasteiger partial charge in [-0.15, -0.1) is 0 Å². The molecule has 1 aliphatic heterocycles. The Hall–Kier alpha value is -1.30. The smallest absolute Gasteiger partial charge is 0.407 e. The monoisotopic (exact) mass is 231 g/mol. The molecular weight excluding hydrogens is 214 g/mol. The Kier molecular flexibility index (Phi) is 4.54. The van der Waals surface area contributed by atoms with Crippen LogP contribution in [0.1, 0.15) is 19.8 Å². The maximum atomic E-state index is 11.0. The van der Waals surface area contributed by atoms with Gasteiger partial charge >= 0.3 is 12.1 Å². The molecule has 16 heavy (non-hydrogen) atoms. The lowest BCUT2D eigenvalue weighted by atomic mass is 9.89. The van der Waals surface area contributed by atoms with E-state index in [0.29, 0.717) is 19.4 Å². The Balaban J connectivity index is 2.61. The Morgan fingerprint density at radius 1 is 1.56 bits per heavy atom. The van der Waals surface area contributed by atoms with Gasteiger partial charge in [-0.3, -0.25) is 0 Å². The second-order valence-electron chi connectivity index (χ2n) is 3.92. The normalized spacial score (nSPS) is 26.9. The summed E-state index contributed by atoms with van der Waals surface area (Å²) in [5.41, 5.74) is 0. The zero-order valence-electron chi connectivity index (χ0n) is 9.43. The van der Waals surface area contributed by atoms with Crippen molar-refractivity contribution in [2.45, 2.75) is 31.9 Å². The zero-order chi connectivity index (χ0) is 12.1. The minimum atomic E-state index is -1.04. The van der Waals surface area contributed by atoms with Crippen molar-refractivity contribution in [2.24, 2.45) is 5.92 Å². The summed E-state index contributed by atoms with van der Waals surface area (Å²) in [5.74, 6) is -1.15. The van der Waals surface area contributed by atoms with Crippen molar-refractivity contribution < 1.29 is 24.2 Å². The van der Waals surface area contributed by atoms with Crippen LogP contribution in [0.25, 0.3) is 0 Å². The highest BCUT2D eigenvalue weighted by Gasteiger charge is 2.33. The molecule has 1 unspecified atom stereocenters. The van der Waals surface area contributed by atoms with Crippen LogP contribution in [0.5, 0.6) is 0 Å². The van der Waals surface area contributed by atoms with Crippen molar-refractivity contribution in [3.63, 3.8) is 0 Å². The minimum absolute atomic E-state index is 0.0278. The van der Waals surface area contributed by atoms with Crippen LogP contribution >= 0.6 is 0 Å². The van der Waals surface area contributed by atoms with Crippen molar-refractivity contribution >= 4 is 12.1 Å². The molecule has 0 bridgehead atoms. The van der Waals surface area contributed by atoms with Crippen LogP contribution in [0.2, 0.25) is 0 Å². The summed E-state index contributed by atoms with van der Waals surface area (Å²) in [7, 11) is 1.21. The predicted molar refractivity (Wildman–Crippen MR) is 55.1 cm³/mol. The maximum absolute atomic E-state index is 11.0. The molecule has 0 saturated carbocycles. The summed E-state index contributed by atoms with van der Waals surface area (Å²) in [4.78, 5) is 22.1. The second-order valence-corrected chi connectivity index (χ2v) is 3.92. The molecule has 92 valence electrons. The van der Waals surface area contributed by atoms with E-state index >= 15 is 0 Å². The molecule has 1 aliphatic rings. The first-order chi connectivity index (χ1) is 7.54. The SMILES string of the molecule is COC(=O)NC(C(=O)O)[C@H]1CCO[C@@H](C)C1. The van der Waals surface area contributed by atoms with E-state index < -0.39 is 18.1 Å². The lowest BCUT2D eigenvalue weighted by molar-refractivity contribution is -0.142. The fraction of sp³-hybridized carbons (Fsp3) is 0.800. The Morgan fingerprint density at radius 2 is 2.25 bits per heavy atom. The first-order valence-corrected chi connectivity index (χ1v) is 5.23. The molecule has 1 amide bonds. The highest BCUT2D eigenvalue weighted by Crippen LogP contribution is 2.23. The van der Waals surface area contributed by atoms with Crippen LogP contribution in [0.3, 0.4) is 0 Å². The number of carboxylic acids is 1. The van der Waals surface area contributed by atoms with Gasteiger partial charge in [0.2, 0.25) is 0 Å². The molecule has 0 aromatic rings. The van der Waals surface area contributed by atoms with E-state index in [4.69, 9.17) is 9.84 Å². The van der Waals surface area contributed by atoms with Gasteiger partial charge in [-0.25, -0.2) is 9.59 Å². The van der Waals surface area contributed by atoms with Gasteiger partial charge in [0, 0.05) is 6.61 Å². The number of aliphatic carboxylic acids is 1. The third-order valence-corrected chi connectivity index (χ3v) is 2.72. The quantitative estimate of drug-likeness (QED) is 0.743. The molecule has 2 N–H and O–H groups in total. The second kappa shape index (κ2) is 5.69.